The van der Waals surface area contributed by atoms with Crippen molar-refractivity contribution < 1.29 is 14.1 Å². The number of carbonyl (C=O) groups excluding carboxylic acids is 1. The first-order chi connectivity index (χ1) is 18.8. The maximum atomic E-state index is 12.4. The van der Waals surface area contributed by atoms with Crippen molar-refractivity contribution in [1.29, 1.82) is 0 Å². The Balaban J connectivity index is 1.35. The molecule has 0 amide bonds. The monoisotopic (exact) mass is 522 g/mol. The SMILES string of the molecule is CCOC(=O)C1(c2ccc(-c3ccc(-c4onc(C)c4N=C(N)N(C)[C@H](C)c4ccccc4)cc3)cc2)CC1. The van der Waals surface area contributed by atoms with Gasteiger partial charge in [0.05, 0.1) is 18.1 Å². The summed E-state index contributed by atoms with van der Waals surface area (Å²) in [5.74, 6) is 0.833. The highest BCUT2D eigenvalue weighted by Gasteiger charge is 2.52. The molecule has 0 unspecified atom stereocenters. The summed E-state index contributed by atoms with van der Waals surface area (Å²) < 4.78 is 11.0. The smallest absolute Gasteiger partial charge is 0.316 e. The van der Waals surface area contributed by atoms with E-state index in [1.807, 2.05) is 80.4 Å². The van der Waals surface area contributed by atoms with Crippen molar-refractivity contribution in [3.63, 3.8) is 0 Å². The summed E-state index contributed by atoms with van der Waals surface area (Å²) in [6.45, 7) is 6.19. The van der Waals surface area contributed by atoms with E-state index in [1.54, 1.807) is 0 Å². The lowest BCUT2D eigenvalue weighted by Gasteiger charge is -2.26. The third-order valence-corrected chi connectivity index (χ3v) is 7.62. The van der Waals surface area contributed by atoms with E-state index in [0.29, 0.717) is 29.7 Å². The molecule has 0 spiro atoms. The Bertz CT molecular complexity index is 1470. The van der Waals surface area contributed by atoms with Crippen molar-refractivity contribution in [1.82, 2.24) is 10.1 Å². The lowest BCUT2D eigenvalue weighted by Crippen LogP contribution is -2.35. The lowest BCUT2D eigenvalue weighted by atomic mass is 9.93. The standard InChI is InChI=1S/C32H34N4O3/c1-5-38-30(37)32(19-20-32)27-17-15-25(16-18-27)24-11-13-26(14-12-24)29-28(21(2)35-39-29)34-31(33)36(4)22(3)23-9-7-6-8-10-23/h6-18,22H,5,19-20H2,1-4H3,(H2,33,34)/t22-/m1/s1. The second-order valence-electron chi connectivity index (χ2n) is 10.1. The van der Waals surface area contributed by atoms with Crippen molar-refractivity contribution in [3.8, 4) is 22.5 Å². The van der Waals surface area contributed by atoms with Gasteiger partial charge in [-0.25, -0.2) is 4.99 Å². The van der Waals surface area contributed by atoms with Crippen LogP contribution in [0, 0.1) is 6.92 Å². The minimum Gasteiger partial charge on any atom is -0.465 e. The van der Waals surface area contributed by atoms with Gasteiger partial charge in [0, 0.05) is 12.6 Å². The summed E-state index contributed by atoms with van der Waals surface area (Å²) in [5.41, 5.74) is 12.4. The molecular formula is C32H34N4O3. The molecule has 1 atom stereocenters. The average Bonchev–Trinajstić information content (AvgIpc) is 3.71. The molecule has 7 heteroatoms. The Kier molecular flexibility index (Phi) is 7.24. The number of carbonyl (C=O) groups is 1. The molecule has 4 aromatic rings. The normalized spacial score (nSPS) is 15.0. The molecule has 2 N–H and O–H groups in total. The van der Waals surface area contributed by atoms with Crippen LogP contribution in [0.5, 0.6) is 0 Å². The molecule has 1 fully saturated rings. The first kappa shape index (κ1) is 26.2. The van der Waals surface area contributed by atoms with Gasteiger partial charge in [0.1, 0.15) is 11.4 Å². The maximum Gasteiger partial charge on any atom is 0.316 e. The van der Waals surface area contributed by atoms with Crippen LogP contribution in [-0.4, -0.2) is 35.6 Å². The first-order valence-electron chi connectivity index (χ1n) is 13.3. The zero-order valence-electron chi connectivity index (χ0n) is 22.8. The molecule has 1 aliphatic rings. The fourth-order valence-electron chi connectivity index (χ4n) is 4.83. The summed E-state index contributed by atoms with van der Waals surface area (Å²) in [4.78, 5) is 19.1. The molecule has 1 aliphatic carbocycles. The number of rotatable bonds is 8. The van der Waals surface area contributed by atoms with Crippen LogP contribution < -0.4 is 5.73 Å². The fourth-order valence-corrected chi connectivity index (χ4v) is 4.83. The van der Waals surface area contributed by atoms with Gasteiger partial charge in [-0.15, -0.1) is 0 Å². The highest BCUT2D eigenvalue weighted by atomic mass is 16.5. The molecule has 3 aromatic carbocycles. The van der Waals surface area contributed by atoms with Crippen LogP contribution in [0.25, 0.3) is 22.5 Å². The molecule has 0 saturated heterocycles. The number of hydrogen-bond donors (Lipinski definition) is 1. The number of guanidine groups is 1. The number of aryl methyl sites for hydroxylation is 1. The van der Waals surface area contributed by atoms with Gasteiger partial charge in [0.25, 0.3) is 0 Å². The van der Waals surface area contributed by atoms with E-state index in [4.69, 9.17) is 20.0 Å². The molecule has 1 heterocycles. The summed E-state index contributed by atoms with van der Waals surface area (Å²) in [5, 5.41) is 4.16. The number of nitrogens with zero attached hydrogens (tertiary/aromatic N) is 3. The van der Waals surface area contributed by atoms with E-state index in [-0.39, 0.29) is 12.0 Å². The van der Waals surface area contributed by atoms with Gasteiger partial charge in [-0.2, -0.15) is 0 Å². The summed E-state index contributed by atoms with van der Waals surface area (Å²) in [6, 6.07) is 26.5. The fraction of sp³-hybridized carbons (Fsp3) is 0.281. The van der Waals surface area contributed by atoms with Crippen LogP contribution >= 0.6 is 0 Å². The van der Waals surface area contributed by atoms with E-state index in [1.165, 1.54) is 0 Å². The topological polar surface area (TPSA) is 93.9 Å². The zero-order valence-corrected chi connectivity index (χ0v) is 22.8. The van der Waals surface area contributed by atoms with Gasteiger partial charge in [-0.05, 0) is 55.9 Å². The molecule has 200 valence electrons. The minimum absolute atomic E-state index is 0.0522. The van der Waals surface area contributed by atoms with Crippen molar-refractivity contribution in [2.45, 2.75) is 45.1 Å². The molecule has 0 radical (unpaired) electrons. The quantitative estimate of drug-likeness (QED) is 0.160. The highest BCUT2D eigenvalue weighted by Crippen LogP contribution is 2.49. The van der Waals surface area contributed by atoms with Crippen molar-refractivity contribution in [2.75, 3.05) is 13.7 Å². The first-order valence-corrected chi connectivity index (χ1v) is 13.3. The van der Waals surface area contributed by atoms with Gasteiger partial charge in [-0.3, -0.25) is 4.79 Å². The van der Waals surface area contributed by atoms with Crippen LogP contribution in [0.3, 0.4) is 0 Å². The predicted octanol–water partition coefficient (Wildman–Crippen LogP) is 6.55. The van der Waals surface area contributed by atoms with Gasteiger partial charge < -0.3 is 19.9 Å². The van der Waals surface area contributed by atoms with E-state index in [2.05, 4.69) is 36.3 Å². The predicted molar refractivity (Wildman–Crippen MR) is 154 cm³/mol. The molecule has 7 nitrogen and oxygen atoms in total. The number of nitrogens with two attached hydrogens (primary N) is 1. The van der Waals surface area contributed by atoms with Crippen LogP contribution in [0.4, 0.5) is 5.69 Å². The van der Waals surface area contributed by atoms with Crippen LogP contribution in [-0.2, 0) is 14.9 Å². The van der Waals surface area contributed by atoms with Crippen molar-refractivity contribution >= 4 is 17.6 Å². The molecule has 0 bridgehead atoms. The zero-order chi connectivity index (χ0) is 27.6. The van der Waals surface area contributed by atoms with Gasteiger partial charge in [-0.1, -0.05) is 84.0 Å². The van der Waals surface area contributed by atoms with E-state index < -0.39 is 5.41 Å². The number of benzene rings is 3. The maximum absolute atomic E-state index is 12.4. The van der Waals surface area contributed by atoms with Crippen molar-refractivity contribution in [3.05, 3.63) is 95.7 Å². The Morgan fingerprint density at radius 1 is 1.03 bits per heavy atom. The van der Waals surface area contributed by atoms with Crippen molar-refractivity contribution in [2.24, 2.45) is 10.7 Å². The molecule has 1 saturated carbocycles. The van der Waals surface area contributed by atoms with E-state index in [0.717, 1.165) is 40.7 Å². The summed E-state index contributed by atoms with van der Waals surface area (Å²) in [7, 11) is 1.93. The highest BCUT2D eigenvalue weighted by molar-refractivity contribution is 5.87. The molecule has 0 aliphatic heterocycles. The third kappa shape index (κ3) is 5.17. The Labute approximate surface area is 229 Å². The molecule has 5 rings (SSSR count). The average molecular weight is 523 g/mol. The Morgan fingerprint density at radius 3 is 2.21 bits per heavy atom. The summed E-state index contributed by atoms with van der Waals surface area (Å²) in [6.07, 6.45) is 1.68. The minimum atomic E-state index is -0.464. The number of esters is 1. The Hall–Kier alpha value is -4.39. The molecule has 1 aromatic heterocycles. The summed E-state index contributed by atoms with van der Waals surface area (Å²) >= 11 is 0. The number of ether oxygens (including phenoxy) is 1. The van der Waals surface area contributed by atoms with Gasteiger partial charge in [0.15, 0.2) is 11.7 Å². The molecular weight excluding hydrogens is 488 g/mol. The molecule has 39 heavy (non-hydrogen) atoms. The second-order valence-corrected chi connectivity index (χ2v) is 10.1. The van der Waals surface area contributed by atoms with Crippen LogP contribution in [0.15, 0.2) is 88.4 Å². The van der Waals surface area contributed by atoms with Gasteiger partial charge in [0.2, 0.25) is 0 Å². The lowest BCUT2D eigenvalue weighted by molar-refractivity contribution is -0.146. The van der Waals surface area contributed by atoms with Gasteiger partial charge >= 0.3 is 5.97 Å². The second kappa shape index (κ2) is 10.8. The van der Waals surface area contributed by atoms with E-state index >= 15 is 0 Å². The third-order valence-electron chi connectivity index (χ3n) is 7.62. The largest absolute Gasteiger partial charge is 0.465 e. The Morgan fingerprint density at radius 2 is 1.62 bits per heavy atom. The van der Waals surface area contributed by atoms with Crippen LogP contribution in [0.1, 0.15) is 49.6 Å². The van der Waals surface area contributed by atoms with E-state index in [9.17, 15) is 4.79 Å². The number of aromatic nitrogens is 1. The number of hydrogen-bond acceptors (Lipinski definition) is 5. The van der Waals surface area contributed by atoms with Crippen LogP contribution in [0.2, 0.25) is 0 Å². The number of aliphatic imine (C=N–C) groups is 1.